The first kappa shape index (κ1) is 16.4. The van der Waals surface area contributed by atoms with E-state index < -0.39 is 0 Å². The summed E-state index contributed by atoms with van der Waals surface area (Å²) in [4.78, 5) is 12.2. The largest absolute Gasteiger partial charge is 0.375 e. The van der Waals surface area contributed by atoms with Gasteiger partial charge < -0.3 is 10.6 Å². The van der Waals surface area contributed by atoms with Gasteiger partial charge in [-0.2, -0.15) is 0 Å². The number of carbonyl (C=O) groups excluding carboxylic acids is 1. The van der Waals surface area contributed by atoms with Gasteiger partial charge >= 0.3 is 0 Å². The lowest BCUT2D eigenvalue weighted by Gasteiger charge is -2.17. The molecule has 0 heterocycles. The normalized spacial score (nSPS) is 10.6. The second-order valence-electron chi connectivity index (χ2n) is 5.58. The number of benzene rings is 2. The summed E-state index contributed by atoms with van der Waals surface area (Å²) >= 11 is 6.07. The number of anilines is 2. The molecule has 0 atom stereocenters. The van der Waals surface area contributed by atoms with Gasteiger partial charge in [0.15, 0.2) is 0 Å². The van der Waals surface area contributed by atoms with Crippen molar-refractivity contribution in [2.45, 2.75) is 26.7 Å². The molecule has 2 aromatic carbocycles. The van der Waals surface area contributed by atoms with Crippen LogP contribution in [0.15, 0.2) is 42.5 Å². The summed E-state index contributed by atoms with van der Waals surface area (Å²) in [6.07, 6.45) is 0. The molecule has 0 saturated heterocycles. The number of hydrogen-bond donors (Lipinski definition) is 2. The Morgan fingerprint density at radius 1 is 1.14 bits per heavy atom. The Morgan fingerprint density at radius 2 is 1.86 bits per heavy atom. The summed E-state index contributed by atoms with van der Waals surface area (Å²) < 4.78 is 0. The average molecular weight is 317 g/mol. The van der Waals surface area contributed by atoms with Crippen molar-refractivity contribution in [3.63, 3.8) is 0 Å². The molecule has 0 radical (unpaired) electrons. The van der Waals surface area contributed by atoms with Gasteiger partial charge in [-0.3, -0.25) is 4.79 Å². The number of carbonyl (C=O) groups is 1. The zero-order valence-electron chi connectivity index (χ0n) is 13.1. The fraction of sp³-hybridized carbons (Fsp3) is 0.278. The van der Waals surface area contributed by atoms with Crippen LogP contribution in [0.4, 0.5) is 11.4 Å². The summed E-state index contributed by atoms with van der Waals surface area (Å²) in [5.41, 5.74) is 3.88. The van der Waals surface area contributed by atoms with Crippen molar-refractivity contribution in [1.29, 1.82) is 0 Å². The van der Waals surface area contributed by atoms with Gasteiger partial charge in [0.05, 0.1) is 17.3 Å². The van der Waals surface area contributed by atoms with E-state index >= 15 is 0 Å². The molecule has 2 N–H and O–H groups in total. The second kappa shape index (κ2) is 7.32. The van der Waals surface area contributed by atoms with Gasteiger partial charge in [0.2, 0.25) is 5.91 Å². The quantitative estimate of drug-likeness (QED) is 0.830. The van der Waals surface area contributed by atoms with Crippen molar-refractivity contribution in [1.82, 2.24) is 0 Å². The zero-order chi connectivity index (χ0) is 16.1. The van der Waals surface area contributed by atoms with Crippen molar-refractivity contribution in [2.75, 3.05) is 17.2 Å². The van der Waals surface area contributed by atoms with Crippen LogP contribution < -0.4 is 10.6 Å². The molecule has 0 fully saturated rings. The minimum absolute atomic E-state index is 0.0869. The van der Waals surface area contributed by atoms with Crippen LogP contribution in [0.1, 0.15) is 30.9 Å². The maximum absolute atomic E-state index is 12.2. The fourth-order valence-corrected chi connectivity index (χ4v) is 2.51. The molecule has 0 aliphatic heterocycles. The minimum atomic E-state index is -0.0869. The van der Waals surface area contributed by atoms with Crippen LogP contribution in [-0.2, 0) is 4.79 Å². The van der Waals surface area contributed by atoms with E-state index in [-0.39, 0.29) is 12.5 Å². The van der Waals surface area contributed by atoms with E-state index in [1.54, 1.807) is 6.07 Å². The Bertz CT molecular complexity index is 668. The lowest BCUT2D eigenvalue weighted by atomic mass is 9.98. The summed E-state index contributed by atoms with van der Waals surface area (Å²) in [5.74, 6) is 0.267. The van der Waals surface area contributed by atoms with Crippen molar-refractivity contribution in [3.8, 4) is 0 Å². The van der Waals surface area contributed by atoms with E-state index in [1.807, 2.05) is 37.3 Å². The Hall–Kier alpha value is -2.00. The van der Waals surface area contributed by atoms with Crippen LogP contribution in [0.5, 0.6) is 0 Å². The Balaban J connectivity index is 2.05. The maximum Gasteiger partial charge on any atom is 0.243 e. The lowest BCUT2D eigenvalue weighted by molar-refractivity contribution is -0.114. The first-order valence-electron chi connectivity index (χ1n) is 7.36. The summed E-state index contributed by atoms with van der Waals surface area (Å²) in [6, 6.07) is 13.4. The Kier molecular flexibility index (Phi) is 5.45. The molecule has 0 bridgehead atoms. The van der Waals surface area contributed by atoms with Gasteiger partial charge in [-0.1, -0.05) is 55.8 Å². The van der Waals surface area contributed by atoms with E-state index in [9.17, 15) is 4.79 Å². The average Bonchev–Trinajstić information content (AvgIpc) is 2.48. The van der Waals surface area contributed by atoms with Crippen LogP contribution in [-0.4, -0.2) is 12.5 Å². The maximum atomic E-state index is 12.2. The van der Waals surface area contributed by atoms with E-state index in [0.29, 0.717) is 10.9 Å². The molecule has 0 aromatic heterocycles. The van der Waals surface area contributed by atoms with Gasteiger partial charge in [-0.05, 0) is 36.1 Å². The molecule has 22 heavy (non-hydrogen) atoms. The van der Waals surface area contributed by atoms with Crippen molar-refractivity contribution in [2.24, 2.45) is 0 Å². The molecule has 2 rings (SSSR count). The van der Waals surface area contributed by atoms with E-state index in [2.05, 4.69) is 30.5 Å². The molecule has 0 unspecified atom stereocenters. The Morgan fingerprint density at radius 3 is 2.55 bits per heavy atom. The number of halogens is 1. The number of hydrogen-bond acceptors (Lipinski definition) is 2. The highest BCUT2D eigenvalue weighted by Gasteiger charge is 2.12. The zero-order valence-corrected chi connectivity index (χ0v) is 13.9. The Labute approximate surface area is 136 Å². The molecule has 2 aromatic rings. The fourth-order valence-electron chi connectivity index (χ4n) is 2.31. The van der Waals surface area contributed by atoms with Crippen LogP contribution >= 0.6 is 11.6 Å². The number of aryl methyl sites for hydroxylation is 1. The molecule has 0 aliphatic carbocycles. The molecule has 116 valence electrons. The van der Waals surface area contributed by atoms with E-state index in [1.165, 1.54) is 0 Å². The molecule has 0 spiro atoms. The molecule has 0 aliphatic rings. The summed E-state index contributed by atoms with van der Waals surface area (Å²) in [5, 5.41) is 6.67. The molecule has 3 nitrogen and oxygen atoms in total. The predicted octanol–water partition coefficient (Wildman–Crippen LogP) is 4.82. The van der Waals surface area contributed by atoms with Gasteiger partial charge in [-0.25, -0.2) is 0 Å². The topological polar surface area (TPSA) is 41.1 Å². The third-order valence-electron chi connectivity index (χ3n) is 3.50. The first-order valence-corrected chi connectivity index (χ1v) is 7.74. The number of rotatable bonds is 5. The van der Waals surface area contributed by atoms with Gasteiger partial charge in [-0.15, -0.1) is 0 Å². The molecule has 1 amide bonds. The smallest absolute Gasteiger partial charge is 0.243 e. The van der Waals surface area contributed by atoms with Crippen LogP contribution in [0.2, 0.25) is 5.02 Å². The minimum Gasteiger partial charge on any atom is -0.375 e. The first-order chi connectivity index (χ1) is 10.5. The number of para-hydroxylation sites is 2. The summed E-state index contributed by atoms with van der Waals surface area (Å²) in [7, 11) is 0. The molecule has 4 heteroatoms. The van der Waals surface area contributed by atoms with E-state index in [0.717, 1.165) is 22.5 Å². The van der Waals surface area contributed by atoms with Gasteiger partial charge in [0, 0.05) is 5.69 Å². The molecular weight excluding hydrogens is 296 g/mol. The predicted molar refractivity (Wildman–Crippen MR) is 93.8 cm³/mol. The number of nitrogens with one attached hydrogen (secondary N) is 2. The third kappa shape index (κ3) is 4.01. The van der Waals surface area contributed by atoms with Crippen LogP contribution in [0.25, 0.3) is 0 Å². The van der Waals surface area contributed by atoms with Crippen molar-refractivity contribution < 1.29 is 4.79 Å². The summed E-state index contributed by atoms with van der Waals surface area (Å²) in [6.45, 7) is 6.41. The van der Waals surface area contributed by atoms with Crippen LogP contribution in [0.3, 0.4) is 0 Å². The standard InChI is InChI=1S/C18H21ClN2O/c1-12(2)14-8-6-7-13(3)18(14)21-17(22)11-20-16-10-5-4-9-15(16)19/h4-10,12,20H,11H2,1-3H3,(H,21,22). The highest BCUT2D eigenvalue weighted by Crippen LogP contribution is 2.27. The lowest BCUT2D eigenvalue weighted by Crippen LogP contribution is -2.23. The van der Waals surface area contributed by atoms with Gasteiger partial charge in [0.1, 0.15) is 0 Å². The number of amides is 1. The van der Waals surface area contributed by atoms with Gasteiger partial charge in [0.25, 0.3) is 0 Å². The van der Waals surface area contributed by atoms with Crippen molar-refractivity contribution >= 4 is 28.9 Å². The molecular formula is C18H21ClN2O. The molecule has 0 saturated carbocycles. The van der Waals surface area contributed by atoms with Crippen molar-refractivity contribution in [3.05, 3.63) is 58.6 Å². The monoisotopic (exact) mass is 316 g/mol. The third-order valence-corrected chi connectivity index (χ3v) is 3.83. The van der Waals surface area contributed by atoms with E-state index in [4.69, 9.17) is 11.6 Å². The van der Waals surface area contributed by atoms with Crippen LogP contribution in [0, 0.1) is 6.92 Å². The second-order valence-corrected chi connectivity index (χ2v) is 5.98. The highest BCUT2D eigenvalue weighted by molar-refractivity contribution is 6.33. The highest BCUT2D eigenvalue weighted by atomic mass is 35.5. The SMILES string of the molecule is Cc1cccc(C(C)C)c1NC(=O)CNc1ccccc1Cl.